The maximum Gasteiger partial charge on any atom is 0.355 e. The van der Waals surface area contributed by atoms with Crippen LogP contribution in [0, 0.1) is 19.8 Å². The van der Waals surface area contributed by atoms with Crippen LogP contribution in [0.25, 0.3) is 11.1 Å². The summed E-state index contributed by atoms with van der Waals surface area (Å²) in [5, 5.41) is 10.9. The van der Waals surface area contributed by atoms with Crippen LogP contribution in [-0.2, 0) is 24.3 Å². The first-order valence-electron chi connectivity index (χ1n) is 10.4. The molecular formula is C24H27N3O4S. The largest absolute Gasteiger partial charge is 0.476 e. The number of carbonyl (C=O) groups excluding carboxylic acids is 1. The van der Waals surface area contributed by atoms with Gasteiger partial charge < -0.3 is 15.6 Å². The van der Waals surface area contributed by atoms with Crippen molar-refractivity contribution in [2.75, 3.05) is 0 Å². The second-order valence-corrected chi connectivity index (χ2v) is 8.99. The number of thiazole rings is 1. The van der Waals surface area contributed by atoms with Gasteiger partial charge >= 0.3 is 11.9 Å². The number of hydrogen-bond acceptors (Lipinski definition) is 7. The predicted octanol–water partition coefficient (Wildman–Crippen LogP) is 4.53. The molecular weight excluding hydrogens is 426 g/mol. The molecule has 2 heterocycles. The van der Waals surface area contributed by atoms with E-state index in [9.17, 15) is 9.59 Å². The molecule has 0 radical (unpaired) electrons. The molecule has 0 aliphatic heterocycles. The molecule has 2 aromatic heterocycles. The summed E-state index contributed by atoms with van der Waals surface area (Å²) in [5.74, 6) is -1.28. The molecule has 0 atom stereocenters. The lowest BCUT2D eigenvalue weighted by Gasteiger charge is -2.20. The molecule has 0 saturated heterocycles. The minimum absolute atomic E-state index is 0.0669. The molecule has 7 nitrogen and oxygen atoms in total. The fourth-order valence-electron chi connectivity index (χ4n) is 3.54. The van der Waals surface area contributed by atoms with Gasteiger partial charge in [0, 0.05) is 23.2 Å². The monoisotopic (exact) mass is 453 g/mol. The van der Waals surface area contributed by atoms with Gasteiger partial charge in [0.2, 0.25) is 0 Å². The number of nitrogens with two attached hydrogens (primary N) is 1. The van der Waals surface area contributed by atoms with Crippen molar-refractivity contribution in [3.63, 3.8) is 0 Å². The van der Waals surface area contributed by atoms with Crippen molar-refractivity contribution in [2.24, 2.45) is 11.7 Å². The molecule has 32 heavy (non-hydrogen) atoms. The highest BCUT2D eigenvalue weighted by Gasteiger charge is 2.25. The zero-order chi connectivity index (χ0) is 23.4. The van der Waals surface area contributed by atoms with Crippen LogP contribution in [0.2, 0.25) is 0 Å². The summed E-state index contributed by atoms with van der Waals surface area (Å²) in [6, 6.07) is 7.93. The standard InChI is InChI=1S/C24H27N3O4S/c1-13(2)9-18-17(10-25)22(16-7-5-14(3)6-8-16)21(15(4)26-18)24(30)31-11-20-27-19(12-32-20)23(28)29/h5-8,12-13H,9-11,25H2,1-4H3,(H,28,29). The van der Waals surface area contributed by atoms with Gasteiger partial charge in [-0.1, -0.05) is 43.7 Å². The van der Waals surface area contributed by atoms with E-state index in [4.69, 9.17) is 20.6 Å². The van der Waals surface area contributed by atoms with E-state index < -0.39 is 11.9 Å². The lowest BCUT2D eigenvalue weighted by molar-refractivity contribution is 0.0471. The van der Waals surface area contributed by atoms with E-state index >= 15 is 0 Å². The van der Waals surface area contributed by atoms with Gasteiger partial charge in [0.1, 0.15) is 11.6 Å². The molecule has 0 fully saturated rings. The molecule has 168 valence electrons. The van der Waals surface area contributed by atoms with E-state index in [1.165, 1.54) is 5.38 Å². The minimum Gasteiger partial charge on any atom is -0.476 e. The van der Waals surface area contributed by atoms with Crippen LogP contribution in [-0.4, -0.2) is 27.0 Å². The van der Waals surface area contributed by atoms with Crippen molar-refractivity contribution in [3.8, 4) is 11.1 Å². The number of aryl methyl sites for hydroxylation is 2. The molecule has 0 amide bonds. The fourth-order valence-corrected chi connectivity index (χ4v) is 4.22. The summed E-state index contributed by atoms with van der Waals surface area (Å²) >= 11 is 1.13. The number of hydrogen-bond donors (Lipinski definition) is 2. The average molecular weight is 454 g/mol. The third kappa shape index (κ3) is 5.20. The molecule has 0 aliphatic rings. The second kappa shape index (κ2) is 10.0. The van der Waals surface area contributed by atoms with Gasteiger partial charge in [-0.2, -0.15) is 0 Å². The Morgan fingerprint density at radius 3 is 2.41 bits per heavy atom. The Morgan fingerprint density at radius 1 is 1.16 bits per heavy atom. The molecule has 0 bridgehead atoms. The molecule has 3 rings (SSSR count). The van der Waals surface area contributed by atoms with Crippen LogP contribution in [0.3, 0.4) is 0 Å². The predicted molar refractivity (Wildman–Crippen MR) is 124 cm³/mol. The number of pyridine rings is 1. The maximum absolute atomic E-state index is 13.2. The molecule has 8 heteroatoms. The first kappa shape index (κ1) is 23.6. The number of carbonyl (C=O) groups is 2. The Kier molecular flexibility index (Phi) is 7.37. The Morgan fingerprint density at radius 2 is 1.84 bits per heavy atom. The summed E-state index contributed by atoms with van der Waals surface area (Å²) in [6.07, 6.45) is 0.749. The van der Waals surface area contributed by atoms with Gasteiger partial charge in [0.15, 0.2) is 5.69 Å². The highest BCUT2D eigenvalue weighted by atomic mass is 32.1. The van der Waals surface area contributed by atoms with Crippen LogP contribution in [0.4, 0.5) is 0 Å². The van der Waals surface area contributed by atoms with Gasteiger partial charge in [-0.15, -0.1) is 11.3 Å². The molecule has 1 aromatic carbocycles. The number of ether oxygens (including phenoxy) is 1. The molecule has 0 spiro atoms. The van der Waals surface area contributed by atoms with Crippen LogP contribution >= 0.6 is 11.3 Å². The summed E-state index contributed by atoms with van der Waals surface area (Å²) < 4.78 is 5.53. The van der Waals surface area contributed by atoms with E-state index in [-0.39, 0.29) is 18.8 Å². The Labute approximate surface area is 191 Å². The van der Waals surface area contributed by atoms with Crippen LogP contribution in [0.1, 0.15) is 62.2 Å². The Hall–Kier alpha value is -3.10. The van der Waals surface area contributed by atoms with Crippen molar-refractivity contribution in [1.82, 2.24) is 9.97 Å². The number of benzene rings is 1. The highest BCUT2D eigenvalue weighted by molar-refractivity contribution is 7.09. The van der Waals surface area contributed by atoms with E-state index in [2.05, 4.69) is 18.8 Å². The first-order chi connectivity index (χ1) is 15.2. The van der Waals surface area contributed by atoms with E-state index in [1.807, 2.05) is 31.2 Å². The van der Waals surface area contributed by atoms with Crippen LogP contribution in [0.15, 0.2) is 29.6 Å². The zero-order valence-corrected chi connectivity index (χ0v) is 19.5. The Bertz CT molecular complexity index is 1140. The number of esters is 1. The quantitative estimate of drug-likeness (QED) is 0.481. The molecule has 0 unspecified atom stereocenters. The van der Waals surface area contributed by atoms with E-state index in [1.54, 1.807) is 6.92 Å². The third-order valence-electron chi connectivity index (χ3n) is 5.01. The number of carboxylic acids is 1. The van der Waals surface area contributed by atoms with Crippen molar-refractivity contribution < 1.29 is 19.4 Å². The third-order valence-corrected chi connectivity index (χ3v) is 5.83. The van der Waals surface area contributed by atoms with Crippen molar-refractivity contribution in [1.29, 1.82) is 0 Å². The molecule has 3 N–H and O–H groups in total. The first-order valence-corrected chi connectivity index (χ1v) is 11.2. The molecule has 3 aromatic rings. The lowest BCUT2D eigenvalue weighted by Crippen LogP contribution is -2.17. The van der Waals surface area contributed by atoms with Gasteiger partial charge in [-0.25, -0.2) is 14.6 Å². The van der Waals surface area contributed by atoms with Crippen molar-refractivity contribution in [2.45, 2.75) is 47.3 Å². The van der Waals surface area contributed by atoms with Crippen LogP contribution in [0.5, 0.6) is 0 Å². The van der Waals surface area contributed by atoms with E-state index in [0.29, 0.717) is 22.2 Å². The number of rotatable bonds is 8. The average Bonchev–Trinajstić information content (AvgIpc) is 3.21. The Balaban J connectivity index is 2.05. The number of aromatic carboxylic acids is 1. The lowest BCUT2D eigenvalue weighted by atomic mass is 9.90. The van der Waals surface area contributed by atoms with Crippen LogP contribution < -0.4 is 5.73 Å². The van der Waals surface area contributed by atoms with Crippen molar-refractivity contribution >= 4 is 23.3 Å². The van der Waals surface area contributed by atoms with Gasteiger partial charge in [-0.3, -0.25) is 4.98 Å². The summed E-state index contributed by atoms with van der Waals surface area (Å²) in [5.41, 5.74) is 11.5. The van der Waals surface area contributed by atoms with Gasteiger partial charge in [-0.05, 0) is 37.3 Å². The maximum atomic E-state index is 13.2. The SMILES string of the molecule is Cc1ccc(-c2c(CN)c(CC(C)C)nc(C)c2C(=O)OCc2nc(C(=O)O)cs2)cc1. The summed E-state index contributed by atoms with van der Waals surface area (Å²) in [6.45, 7) is 8.16. The molecule has 0 aliphatic carbocycles. The van der Waals surface area contributed by atoms with E-state index in [0.717, 1.165) is 45.7 Å². The zero-order valence-electron chi connectivity index (χ0n) is 18.6. The van der Waals surface area contributed by atoms with Crippen molar-refractivity contribution in [3.05, 3.63) is 68.4 Å². The highest BCUT2D eigenvalue weighted by Crippen LogP contribution is 2.33. The normalized spacial score (nSPS) is 11.1. The minimum atomic E-state index is -1.12. The topological polar surface area (TPSA) is 115 Å². The summed E-state index contributed by atoms with van der Waals surface area (Å²) in [7, 11) is 0. The smallest absolute Gasteiger partial charge is 0.355 e. The fraction of sp³-hybridized carbons (Fsp3) is 0.333. The van der Waals surface area contributed by atoms with Gasteiger partial charge in [0.25, 0.3) is 0 Å². The molecule has 0 saturated carbocycles. The summed E-state index contributed by atoms with van der Waals surface area (Å²) in [4.78, 5) is 32.9. The van der Waals surface area contributed by atoms with Gasteiger partial charge in [0.05, 0.1) is 11.3 Å². The number of aromatic nitrogens is 2. The number of carboxylic acid groups (broad SMARTS) is 1. The number of nitrogens with zero attached hydrogens (tertiary/aromatic N) is 2. The second-order valence-electron chi connectivity index (χ2n) is 8.05.